The van der Waals surface area contributed by atoms with Crippen LogP contribution in [0.3, 0.4) is 0 Å². The molecule has 1 aliphatic heterocycles. The molecule has 2 N–H and O–H groups in total. The SMILES string of the molecule is O=C(O)C(c1ccoc1)N1CCC(O)(c2cccc(C(F)(F)F)c2)CC1. The van der Waals surface area contributed by atoms with E-state index in [2.05, 4.69) is 0 Å². The maximum Gasteiger partial charge on any atom is 0.416 e. The number of furan rings is 1. The molecule has 0 amide bonds. The Labute approximate surface area is 147 Å². The highest BCUT2D eigenvalue weighted by Crippen LogP contribution is 2.38. The molecule has 1 fully saturated rings. The van der Waals surface area contributed by atoms with E-state index in [9.17, 15) is 28.2 Å². The van der Waals surface area contributed by atoms with Gasteiger partial charge in [-0.25, -0.2) is 0 Å². The van der Waals surface area contributed by atoms with Gasteiger partial charge < -0.3 is 14.6 Å². The van der Waals surface area contributed by atoms with Gasteiger partial charge in [0.2, 0.25) is 0 Å². The van der Waals surface area contributed by atoms with Gasteiger partial charge in [-0.3, -0.25) is 9.69 Å². The summed E-state index contributed by atoms with van der Waals surface area (Å²) in [5.41, 5.74) is -1.55. The molecule has 2 heterocycles. The second-order valence-electron chi connectivity index (χ2n) is 6.44. The van der Waals surface area contributed by atoms with Gasteiger partial charge in [0.15, 0.2) is 0 Å². The van der Waals surface area contributed by atoms with Crippen molar-refractivity contribution >= 4 is 5.97 Å². The largest absolute Gasteiger partial charge is 0.480 e. The van der Waals surface area contributed by atoms with Crippen molar-refractivity contribution in [1.29, 1.82) is 0 Å². The van der Waals surface area contributed by atoms with Gasteiger partial charge in [-0.05, 0) is 36.6 Å². The van der Waals surface area contributed by atoms with Crippen LogP contribution in [0.2, 0.25) is 0 Å². The Morgan fingerprint density at radius 1 is 1.23 bits per heavy atom. The number of carboxylic acid groups (broad SMARTS) is 1. The van der Waals surface area contributed by atoms with Crippen molar-refractivity contribution in [1.82, 2.24) is 4.90 Å². The number of alkyl halides is 3. The van der Waals surface area contributed by atoms with E-state index in [0.29, 0.717) is 5.56 Å². The minimum Gasteiger partial charge on any atom is -0.480 e. The van der Waals surface area contributed by atoms with Crippen LogP contribution in [0.4, 0.5) is 13.2 Å². The van der Waals surface area contributed by atoms with Gasteiger partial charge in [0.25, 0.3) is 0 Å². The molecule has 140 valence electrons. The fourth-order valence-electron chi connectivity index (χ4n) is 3.37. The third kappa shape index (κ3) is 3.61. The van der Waals surface area contributed by atoms with Crippen LogP contribution >= 0.6 is 0 Å². The van der Waals surface area contributed by atoms with E-state index in [-0.39, 0.29) is 31.5 Å². The molecule has 0 spiro atoms. The van der Waals surface area contributed by atoms with Crippen LogP contribution in [0.15, 0.2) is 47.3 Å². The number of hydrogen-bond acceptors (Lipinski definition) is 4. The fraction of sp³-hybridized carbons (Fsp3) is 0.389. The molecular formula is C18H18F3NO4. The lowest BCUT2D eigenvalue weighted by Gasteiger charge is -2.40. The average molecular weight is 369 g/mol. The zero-order chi connectivity index (χ0) is 18.9. The summed E-state index contributed by atoms with van der Waals surface area (Å²) in [6, 6.07) is 5.30. The second kappa shape index (κ2) is 6.77. The first kappa shape index (κ1) is 18.5. The van der Waals surface area contributed by atoms with E-state index in [1.54, 1.807) is 11.0 Å². The number of aliphatic hydroxyl groups is 1. The minimum absolute atomic E-state index is 0.135. The summed E-state index contributed by atoms with van der Waals surface area (Å²) in [5, 5.41) is 20.3. The summed E-state index contributed by atoms with van der Waals surface area (Å²) in [4.78, 5) is 13.3. The Kier molecular flexibility index (Phi) is 4.81. The van der Waals surface area contributed by atoms with Crippen LogP contribution in [0.1, 0.15) is 35.6 Å². The van der Waals surface area contributed by atoms with Crippen molar-refractivity contribution in [3.8, 4) is 0 Å². The Balaban J connectivity index is 1.78. The second-order valence-corrected chi connectivity index (χ2v) is 6.44. The standard InChI is InChI=1S/C18H18F3NO4/c19-18(20,21)14-3-1-2-13(10-14)17(25)5-7-22(8-6-17)15(16(23)24)12-4-9-26-11-12/h1-4,9-11,15,25H,5-8H2,(H,23,24). The van der Waals surface area contributed by atoms with Crippen molar-refractivity contribution in [2.24, 2.45) is 0 Å². The summed E-state index contributed by atoms with van der Waals surface area (Å²) in [7, 11) is 0. The predicted molar refractivity (Wildman–Crippen MR) is 85.2 cm³/mol. The Morgan fingerprint density at radius 2 is 1.92 bits per heavy atom. The molecule has 5 nitrogen and oxygen atoms in total. The van der Waals surface area contributed by atoms with Crippen LogP contribution in [-0.4, -0.2) is 34.2 Å². The van der Waals surface area contributed by atoms with E-state index in [0.717, 1.165) is 12.1 Å². The lowest BCUT2D eigenvalue weighted by atomic mass is 9.83. The highest BCUT2D eigenvalue weighted by molar-refractivity contribution is 5.75. The molecule has 1 unspecified atom stereocenters. The zero-order valence-electron chi connectivity index (χ0n) is 13.7. The van der Waals surface area contributed by atoms with Gasteiger partial charge in [-0.1, -0.05) is 12.1 Å². The number of nitrogens with zero attached hydrogens (tertiary/aromatic N) is 1. The summed E-state index contributed by atoms with van der Waals surface area (Å²) in [6.45, 7) is 0.462. The number of benzene rings is 1. The third-order valence-electron chi connectivity index (χ3n) is 4.81. The van der Waals surface area contributed by atoms with Crippen LogP contribution in [0, 0.1) is 0 Å². The van der Waals surface area contributed by atoms with Gasteiger partial charge in [0.05, 0.1) is 23.7 Å². The van der Waals surface area contributed by atoms with Crippen molar-refractivity contribution in [3.05, 3.63) is 59.5 Å². The molecule has 8 heteroatoms. The highest BCUT2D eigenvalue weighted by Gasteiger charge is 2.40. The Morgan fingerprint density at radius 3 is 2.46 bits per heavy atom. The molecular weight excluding hydrogens is 351 g/mol. The van der Waals surface area contributed by atoms with E-state index >= 15 is 0 Å². The number of carbonyl (C=O) groups is 1. The smallest absolute Gasteiger partial charge is 0.416 e. The highest BCUT2D eigenvalue weighted by atomic mass is 19.4. The lowest BCUT2D eigenvalue weighted by molar-refractivity contribution is -0.146. The maximum atomic E-state index is 12.9. The van der Waals surface area contributed by atoms with Gasteiger partial charge in [0, 0.05) is 18.7 Å². The van der Waals surface area contributed by atoms with Crippen LogP contribution < -0.4 is 0 Å². The summed E-state index contributed by atoms with van der Waals surface area (Å²) in [6.07, 6.45) is -1.48. The van der Waals surface area contributed by atoms with Crippen molar-refractivity contribution in [2.75, 3.05) is 13.1 Å². The normalized spacial score (nSPS) is 19.2. The molecule has 1 aromatic heterocycles. The zero-order valence-corrected chi connectivity index (χ0v) is 13.7. The number of piperidine rings is 1. The number of rotatable bonds is 4. The molecule has 1 aromatic carbocycles. The molecule has 0 radical (unpaired) electrons. The van der Waals surface area contributed by atoms with Crippen molar-refractivity contribution in [3.63, 3.8) is 0 Å². The molecule has 0 aliphatic carbocycles. The number of aliphatic carboxylic acids is 1. The summed E-state index contributed by atoms with van der Waals surface area (Å²) < 4.78 is 43.7. The van der Waals surface area contributed by atoms with Crippen molar-refractivity contribution < 1.29 is 32.6 Å². The minimum atomic E-state index is -4.48. The van der Waals surface area contributed by atoms with Gasteiger partial charge in [-0.15, -0.1) is 0 Å². The average Bonchev–Trinajstić information content (AvgIpc) is 3.10. The Bertz CT molecular complexity index is 765. The molecule has 26 heavy (non-hydrogen) atoms. The van der Waals surface area contributed by atoms with Gasteiger partial charge in [-0.2, -0.15) is 13.2 Å². The molecule has 1 saturated heterocycles. The first-order valence-corrected chi connectivity index (χ1v) is 8.10. The van der Waals surface area contributed by atoms with E-state index < -0.39 is 29.4 Å². The number of hydrogen-bond donors (Lipinski definition) is 2. The summed E-state index contributed by atoms with van der Waals surface area (Å²) in [5.74, 6) is -1.05. The van der Waals surface area contributed by atoms with E-state index in [4.69, 9.17) is 4.42 Å². The van der Waals surface area contributed by atoms with Gasteiger partial charge in [0.1, 0.15) is 6.04 Å². The van der Waals surface area contributed by atoms with Crippen LogP contribution in [-0.2, 0) is 16.6 Å². The quantitative estimate of drug-likeness (QED) is 0.864. The Hall–Kier alpha value is -2.32. The van der Waals surface area contributed by atoms with Crippen LogP contribution in [0.5, 0.6) is 0 Å². The lowest BCUT2D eigenvalue weighted by Crippen LogP contribution is -2.45. The molecule has 2 aromatic rings. The first-order chi connectivity index (χ1) is 12.2. The monoisotopic (exact) mass is 369 g/mol. The molecule has 0 saturated carbocycles. The van der Waals surface area contributed by atoms with Crippen molar-refractivity contribution in [2.45, 2.75) is 30.7 Å². The first-order valence-electron chi connectivity index (χ1n) is 8.10. The number of likely N-dealkylation sites (tertiary alicyclic amines) is 1. The number of carboxylic acids is 1. The van der Waals surface area contributed by atoms with E-state index in [1.807, 2.05) is 0 Å². The summed E-state index contributed by atoms with van der Waals surface area (Å²) >= 11 is 0. The fourth-order valence-corrected chi connectivity index (χ4v) is 3.37. The molecule has 1 aliphatic rings. The van der Waals surface area contributed by atoms with Crippen LogP contribution in [0.25, 0.3) is 0 Å². The predicted octanol–water partition coefficient (Wildman–Crippen LogP) is 3.41. The molecule has 3 rings (SSSR count). The van der Waals surface area contributed by atoms with Gasteiger partial charge >= 0.3 is 12.1 Å². The molecule has 1 atom stereocenters. The third-order valence-corrected chi connectivity index (χ3v) is 4.81. The number of halogens is 3. The maximum absolute atomic E-state index is 12.9. The molecule has 0 bridgehead atoms. The topological polar surface area (TPSA) is 73.9 Å². The van der Waals surface area contributed by atoms with E-state index in [1.165, 1.54) is 24.7 Å².